The van der Waals surface area contributed by atoms with E-state index in [2.05, 4.69) is 9.97 Å². The molecule has 158 valence electrons. The molecule has 2 aliphatic rings. The zero-order valence-electron chi connectivity index (χ0n) is 16.0. The Morgan fingerprint density at radius 1 is 1.07 bits per heavy atom. The first-order valence-electron chi connectivity index (χ1n) is 9.36. The first kappa shape index (κ1) is 20.5. The topological polar surface area (TPSA) is 78.6 Å². The number of rotatable bonds is 3. The van der Waals surface area contributed by atoms with Gasteiger partial charge in [0.2, 0.25) is 0 Å². The molecule has 2 aromatic heterocycles. The van der Waals surface area contributed by atoms with Crippen LogP contribution in [-0.4, -0.2) is 43.7 Å². The second-order valence-electron chi connectivity index (χ2n) is 7.80. The van der Waals surface area contributed by atoms with Crippen molar-refractivity contribution in [1.82, 2.24) is 14.5 Å². The molecule has 30 heavy (non-hydrogen) atoms. The lowest BCUT2D eigenvalue weighted by Gasteiger charge is -2.27. The third kappa shape index (κ3) is 3.29. The first-order valence-corrected chi connectivity index (χ1v) is 10.5. The van der Waals surface area contributed by atoms with Crippen molar-refractivity contribution in [1.29, 1.82) is 0 Å². The molecule has 1 unspecified atom stereocenters. The summed E-state index contributed by atoms with van der Waals surface area (Å²) < 4.78 is 20.4. The van der Waals surface area contributed by atoms with Gasteiger partial charge in [-0.1, -0.05) is 40.9 Å². The molecule has 0 amide bonds. The van der Waals surface area contributed by atoms with Crippen LogP contribution in [0.5, 0.6) is 0 Å². The van der Waals surface area contributed by atoms with Gasteiger partial charge in [0.15, 0.2) is 12.0 Å². The number of nitrogens with zero attached hydrogens (tertiary/aromatic N) is 3. The van der Waals surface area contributed by atoms with E-state index >= 15 is 0 Å². The molecule has 5 rings (SSSR count). The smallest absolute Gasteiger partial charge is 0.164 e. The Morgan fingerprint density at radius 3 is 2.60 bits per heavy atom. The van der Waals surface area contributed by atoms with Crippen LogP contribution in [0.15, 0.2) is 36.8 Å². The SMILES string of the molecule is CC1(C)O[C@@H]2[C@H](O1)[C@@H](C(O)c1ccc(Cl)c(Cl)c1)O[C@H]2n1ccc2c(Cl)ncnc21. The quantitative estimate of drug-likeness (QED) is 0.566. The van der Waals surface area contributed by atoms with Crippen molar-refractivity contribution in [3.8, 4) is 0 Å². The van der Waals surface area contributed by atoms with Crippen molar-refractivity contribution < 1.29 is 19.3 Å². The van der Waals surface area contributed by atoms with Gasteiger partial charge in [0.1, 0.15) is 41.5 Å². The minimum absolute atomic E-state index is 0.351. The Bertz CT molecular complexity index is 1120. The lowest BCUT2D eigenvalue weighted by molar-refractivity contribution is -0.207. The summed E-state index contributed by atoms with van der Waals surface area (Å²) in [6.45, 7) is 3.66. The van der Waals surface area contributed by atoms with E-state index in [0.717, 1.165) is 0 Å². The third-order valence-corrected chi connectivity index (χ3v) is 6.44. The highest BCUT2D eigenvalue weighted by Gasteiger charge is 2.58. The normalized spacial score (nSPS) is 28.7. The van der Waals surface area contributed by atoms with Crippen LogP contribution in [0.1, 0.15) is 31.7 Å². The van der Waals surface area contributed by atoms with Gasteiger partial charge in [0.05, 0.1) is 15.4 Å². The van der Waals surface area contributed by atoms with Crippen molar-refractivity contribution in [2.24, 2.45) is 0 Å². The number of halogens is 3. The maximum atomic E-state index is 11.1. The largest absolute Gasteiger partial charge is 0.386 e. The highest BCUT2D eigenvalue weighted by Crippen LogP contribution is 2.47. The number of hydrogen-bond donors (Lipinski definition) is 1. The summed E-state index contributed by atoms with van der Waals surface area (Å²) in [7, 11) is 0. The molecule has 1 N–H and O–H groups in total. The maximum absolute atomic E-state index is 11.1. The zero-order valence-corrected chi connectivity index (χ0v) is 18.3. The second kappa shape index (κ2) is 7.31. The Balaban J connectivity index is 1.54. The van der Waals surface area contributed by atoms with Crippen molar-refractivity contribution >= 4 is 45.8 Å². The van der Waals surface area contributed by atoms with Crippen LogP contribution in [0.2, 0.25) is 15.2 Å². The fraction of sp³-hybridized carbons (Fsp3) is 0.400. The lowest BCUT2D eigenvalue weighted by Crippen LogP contribution is -2.34. The number of ether oxygens (including phenoxy) is 3. The minimum Gasteiger partial charge on any atom is -0.386 e. The van der Waals surface area contributed by atoms with E-state index < -0.39 is 36.4 Å². The van der Waals surface area contributed by atoms with Crippen LogP contribution in [0, 0.1) is 0 Å². The molecule has 0 aliphatic carbocycles. The van der Waals surface area contributed by atoms with Gasteiger partial charge < -0.3 is 23.9 Å². The fourth-order valence-electron chi connectivity index (χ4n) is 4.12. The molecule has 0 saturated carbocycles. The number of benzene rings is 1. The predicted molar refractivity (Wildman–Crippen MR) is 112 cm³/mol. The number of aliphatic hydroxyl groups is 1. The summed E-state index contributed by atoms with van der Waals surface area (Å²) in [6.07, 6.45) is -0.0524. The summed E-state index contributed by atoms with van der Waals surface area (Å²) in [4.78, 5) is 8.36. The maximum Gasteiger partial charge on any atom is 0.164 e. The van der Waals surface area contributed by atoms with Crippen molar-refractivity contribution in [3.05, 3.63) is 57.6 Å². The molecule has 10 heteroatoms. The molecular formula is C20H18Cl3N3O4. The number of aliphatic hydroxyl groups excluding tert-OH is 1. The van der Waals surface area contributed by atoms with Gasteiger partial charge in [-0.2, -0.15) is 0 Å². The molecule has 0 bridgehead atoms. The molecule has 2 saturated heterocycles. The van der Waals surface area contributed by atoms with Gasteiger partial charge in [-0.15, -0.1) is 0 Å². The number of hydrogen-bond acceptors (Lipinski definition) is 6. The molecule has 4 heterocycles. The van der Waals surface area contributed by atoms with Crippen molar-refractivity contribution in [3.63, 3.8) is 0 Å². The van der Waals surface area contributed by atoms with E-state index in [1.54, 1.807) is 18.2 Å². The third-order valence-electron chi connectivity index (χ3n) is 5.40. The van der Waals surface area contributed by atoms with Gasteiger partial charge >= 0.3 is 0 Å². The van der Waals surface area contributed by atoms with Crippen LogP contribution in [0.25, 0.3) is 11.0 Å². The Morgan fingerprint density at radius 2 is 1.83 bits per heavy atom. The van der Waals surface area contributed by atoms with Crippen LogP contribution in [-0.2, 0) is 14.2 Å². The summed E-state index contributed by atoms with van der Waals surface area (Å²) in [5, 5.41) is 12.9. The highest BCUT2D eigenvalue weighted by atomic mass is 35.5. The van der Waals surface area contributed by atoms with Gasteiger partial charge in [-0.3, -0.25) is 0 Å². The summed E-state index contributed by atoms with van der Waals surface area (Å²) in [6, 6.07) is 6.79. The monoisotopic (exact) mass is 469 g/mol. The van der Waals surface area contributed by atoms with E-state index in [1.807, 2.05) is 30.7 Å². The van der Waals surface area contributed by atoms with Crippen LogP contribution in [0.4, 0.5) is 0 Å². The van der Waals surface area contributed by atoms with E-state index in [4.69, 9.17) is 49.0 Å². The summed E-state index contributed by atoms with van der Waals surface area (Å²) in [5.41, 5.74) is 1.18. The van der Waals surface area contributed by atoms with Gasteiger partial charge in [-0.25, -0.2) is 9.97 Å². The molecule has 1 aromatic carbocycles. The first-order chi connectivity index (χ1) is 14.2. The summed E-state index contributed by atoms with van der Waals surface area (Å²) >= 11 is 18.4. The van der Waals surface area contributed by atoms with Gasteiger partial charge in [-0.05, 0) is 37.6 Å². The highest BCUT2D eigenvalue weighted by molar-refractivity contribution is 6.42. The standard InChI is InChI=1S/C20H18Cl3N3O4/c1-20(2)29-15-14(13(27)9-3-4-11(21)12(22)7-9)28-19(16(15)30-20)26-6-5-10-17(23)24-8-25-18(10)26/h3-8,13-16,19,27H,1-2H3/t13?,14-,15-,16-,19-/m1/s1. The van der Waals surface area contributed by atoms with Crippen molar-refractivity contribution in [2.75, 3.05) is 0 Å². The zero-order chi connectivity index (χ0) is 21.2. The van der Waals surface area contributed by atoms with Gasteiger partial charge in [0, 0.05) is 6.20 Å². The van der Waals surface area contributed by atoms with E-state index in [0.29, 0.717) is 31.8 Å². The Labute approximate surface area is 187 Å². The molecule has 3 aromatic rings. The number of fused-ring (bicyclic) bond motifs is 2. The van der Waals surface area contributed by atoms with Crippen LogP contribution in [0.3, 0.4) is 0 Å². The Kier molecular flexibility index (Phi) is 4.98. The van der Waals surface area contributed by atoms with E-state index in [1.165, 1.54) is 6.33 Å². The van der Waals surface area contributed by atoms with Crippen LogP contribution >= 0.6 is 34.8 Å². The predicted octanol–water partition coefficient (Wildman–Crippen LogP) is 4.54. The van der Waals surface area contributed by atoms with Crippen LogP contribution < -0.4 is 0 Å². The molecular weight excluding hydrogens is 453 g/mol. The molecule has 5 atom stereocenters. The molecule has 2 aliphatic heterocycles. The minimum atomic E-state index is -1.00. The molecule has 0 radical (unpaired) electrons. The van der Waals surface area contributed by atoms with E-state index in [9.17, 15) is 5.11 Å². The van der Waals surface area contributed by atoms with E-state index in [-0.39, 0.29) is 0 Å². The molecule has 2 fully saturated rings. The Hall–Kier alpha value is -1.45. The average Bonchev–Trinajstić information content (AvgIpc) is 3.34. The van der Waals surface area contributed by atoms with Crippen molar-refractivity contribution in [2.45, 2.75) is 50.3 Å². The molecule has 7 nitrogen and oxygen atoms in total. The van der Waals surface area contributed by atoms with Gasteiger partial charge in [0.25, 0.3) is 0 Å². The fourth-order valence-corrected chi connectivity index (χ4v) is 4.61. The molecule has 0 spiro atoms. The summed E-state index contributed by atoms with van der Waals surface area (Å²) in [5.74, 6) is -0.831. The second-order valence-corrected chi connectivity index (χ2v) is 8.97. The average molecular weight is 471 g/mol. The lowest BCUT2D eigenvalue weighted by atomic mass is 9.99. The number of aromatic nitrogens is 3.